The highest BCUT2D eigenvalue weighted by Crippen LogP contribution is 2.27. The smallest absolute Gasteiger partial charge is 0.335 e. The number of thiazole rings is 1. The predicted octanol–water partition coefficient (Wildman–Crippen LogP) is 3.05. The number of carbonyl (C=O) groups excluding carboxylic acids is 1. The zero-order valence-corrected chi connectivity index (χ0v) is 16.1. The molecule has 3 rings (SSSR count). The molecular weight excluding hydrogens is 380 g/mol. The lowest BCUT2D eigenvalue weighted by Crippen LogP contribution is -2.17. The van der Waals surface area contributed by atoms with E-state index in [2.05, 4.69) is 4.99 Å². The first kappa shape index (κ1) is 19.4. The van der Waals surface area contributed by atoms with Crippen LogP contribution < -0.4 is 14.3 Å². The molecule has 0 spiro atoms. The van der Waals surface area contributed by atoms with Gasteiger partial charge in [0.15, 0.2) is 16.3 Å². The maximum atomic E-state index is 12.6. The molecule has 0 saturated carbocycles. The van der Waals surface area contributed by atoms with Crippen molar-refractivity contribution in [1.82, 2.24) is 4.57 Å². The zero-order valence-electron chi connectivity index (χ0n) is 15.3. The fourth-order valence-corrected chi connectivity index (χ4v) is 3.30. The zero-order chi connectivity index (χ0) is 20.1. The fraction of sp³-hybridized carbons (Fsp3) is 0.150. The fourth-order valence-electron chi connectivity index (χ4n) is 2.58. The second-order valence-corrected chi connectivity index (χ2v) is 6.68. The highest BCUT2D eigenvalue weighted by molar-refractivity contribution is 7.07. The van der Waals surface area contributed by atoms with E-state index in [-0.39, 0.29) is 5.56 Å². The van der Waals surface area contributed by atoms with Gasteiger partial charge in [-0.25, -0.2) is 4.79 Å². The average molecular weight is 398 g/mol. The molecule has 0 atom stereocenters. The number of methoxy groups -OCH3 is 2. The summed E-state index contributed by atoms with van der Waals surface area (Å²) in [7, 11) is 3.04. The van der Waals surface area contributed by atoms with Crippen molar-refractivity contribution in [2.24, 2.45) is 4.99 Å². The van der Waals surface area contributed by atoms with Crippen molar-refractivity contribution in [3.05, 3.63) is 75.5 Å². The number of carboxylic acids is 1. The Hall–Kier alpha value is -3.39. The van der Waals surface area contributed by atoms with Crippen LogP contribution in [0.3, 0.4) is 0 Å². The summed E-state index contributed by atoms with van der Waals surface area (Å²) < 4.78 is 12.2. The summed E-state index contributed by atoms with van der Waals surface area (Å²) in [5.74, 6) is -0.361. The first-order valence-electron chi connectivity index (χ1n) is 8.29. The Morgan fingerprint density at radius 2 is 1.71 bits per heavy atom. The molecule has 144 valence electrons. The summed E-state index contributed by atoms with van der Waals surface area (Å²) in [6, 6.07) is 11.5. The van der Waals surface area contributed by atoms with Gasteiger partial charge in [0.05, 0.1) is 19.8 Å². The number of aromatic carboxylic acids is 1. The van der Waals surface area contributed by atoms with Gasteiger partial charge in [0.25, 0.3) is 5.91 Å². The van der Waals surface area contributed by atoms with Crippen molar-refractivity contribution in [2.75, 3.05) is 14.2 Å². The van der Waals surface area contributed by atoms with Gasteiger partial charge in [-0.05, 0) is 35.9 Å². The molecule has 0 aliphatic carbocycles. The van der Waals surface area contributed by atoms with E-state index < -0.39 is 11.9 Å². The topological polar surface area (TPSA) is 90.1 Å². The van der Waals surface area contributed by atoms with Crippen molar-refractivity contribution in [3.63, 3.8) is 0 Å². The highest BCUT2D eigenvalue weighted by Gasteiger charge is 2.11. The van der Waals surface area contributed by atoms with Gasteiger partial charge in [0.1, 0.15) is 0 Å². The Balaban J connectivity index is 1.85. The monoisotopic (exact) mass is 398 g/mol. The van der Waals surface area contributed by atoms with Crippen molar-refractivity contribution >= 4 is 23.2 Å². The number of hydrogen-bond donors (Lipinski definition) is 1. The molecule has 3 aromatic rings. The van der Waals surface area contributed by atoms with Gasteiger partial charge in [-0.15, -0.1) is 11.3 Å². The molecule has 0 bridgehead atoms. The Morgan fingerprint density at radius 3 is 2.36 bits per heavy atom. The van der Waals surface area contributed by atoms with Crippen LogP contribution in [0, 0.1) is 0 Å². The lowest BCUT2D eigenvalue weighted by molar-refractivity contribution is 0.0696. The summed E-state index contributed by atoms with van der Waals surface area (Å²) in [5.41, 5.74) is 1.53. The summed E-state index contributed by atoms with van der Waals surface area (Å²) in [6.07, 6.45) is 1.83. The maximum Gasteiger partial charge on any atom is 0.335 e. The molecule has 1 amide bonds. The van der Waals surface area contributed by atoms with Crippen LogP contribution >= 0.6 is 11.3 Å². The van der Waals surface area contributed by atoms with E-state index in [4.69, 9.17) is 14.6 Å². The van der Waals surface area contributed by atoms with Gasteiger partial charge < -0.3 is 19.1 Å². The van der Waals surface area contributed by atoms with E-state index >= 15 is 0 Å². The third-order valence-corrected chi connectivity index (χ3v) is 4.84. The predicted molar refractivity (Wildman–Crippen MR) is 104 cm³/mol. The molecule has 0 aliphatic rings. The molecule has 0 saturated heterocycles. The Morgan fingerprint density at radius 1 is 1.04 bits per heavy atom. The molecule has 2 aromatic carbocycles. The first-order valence-corrected chi connectivity index (χ1v) is 9.17. The number of rotatable bonds is 6. The van der Waals surface area contributed by atoms with Crippen LogP contribution in [-0.4, -0.2) is 35.8 Å². The third-order valence-electron chi connectivity index (χ3n) is 4.04. The number of carboxylic acid groups (broad SMARTS) is 1. The molecule has 0 unspecified atom stereocenters. The minimum Gasteiger partial charge on any atom is -0.493 e. The van der Waals surface area contributed by atoms with Crippen molar-refractivity contribution in [2.45, 2.75) is 6.54 Å². The van der Waals surface area contributed by atoms with Crippen LogP contribution in [0.4, 0.5) is 0 Å². The average Bonchev–Trinajstić information content (AvgIpc) is 3.14. The molecule has 0 radical (unpaired) electrons. The quantitative estimate of drug-likeness (QED) is 0.689. The Bertz CT molecular complexity index is 1070. The molecule has 0 fully saturated rings. The number of aromatic nitrogens is 1. The van der Waals surface area contributed by atoms with E-state index in [9.17, 15) is 9.59 Å². The lowest BCUT2D eigenvalue weighted by atomic mass is 10.1. The standard InChI is InChI=1S/C20H18N2O5S/c1-26-16-8-7-15(11-17(16)27-2)18(23)21-20-22(9-10-28-20)12-13-3-5-14(6-4-13)19(24)25/h3-11H,12H2,1-2H3,(H,24,25). The van der Waals surface area contributed by atoms with Crippen LogP contribution in [0.5, 0.6) is 11.5 Å². The molecule has 8 heteroatoms. The van der Waals surface area contributed by atoms with Crippen LogP contribution in [0.2, 0.25) is 0 Å². The molecule has 1 N–H and O–H groups in total. The molecule has 7 nitrogen and oxygen atoms in total. The molecular formula is C20H18N2O5S. The van der Waals surface area contributed by atoms with Crippen LogP contribution in [0.25, 0.3) is 0 Å². The Kier molecular flexibility index (Phi) is 5.90. The highest BCUT2D eigenvalue weighted by atomic mass is 32.1. The van der Waals surface area contributed by atoms with Gasteiger partial charge in [0.2, 0.25) is 0 Å². The second kappa shape index (κ2) is 8.53. The first-order chi connectivity index (χ1) is 13.5. The van der Waals surface area contributed by atoms with Gasteiger partial charge in [-0.3, -0.25) is 4.79 Å². The van der Waals surface area contributed by atoms with E-state index in [1.165, 1.54) is 25.6 Å². The van der Waals surface area contributed by atoms with E-state index in [1.807, 2.05) is 16.1 Å². The van der Waals surface area contributed by atoms with Crippen LogP contribution in [0.15, 0.2) is 59.0 Å². The minimum absolute atomic E-state index is 0.229. The number of ether oxygens (including phenoxy) is 2. The summed E-state index contributed by atoms with van der Waals surface area (Å²) in [4.78, 5) is 28.3. The lowest BCUT2D eigenvalue weighted by Gasteiger charge is -2.08. The van der Waals surface area contributed by atoms with E-state index in [0.29, 0.717) is 28.4 Å². The maximum absolute atomic E-state index is 12.6. The molecule has 1 heterocycles. The summed E-state index contributed by atoms with van der Waals surface area (Å²) >= 11 is 1.34. The molecule has 0 aliphatic heterocycles. The minimum atomic E-state index is -0.967. The van der Waals surface area contributed by atoms with Gasteiger partial charge in [-0.2, -0.15) is 4.99 Å². The molecule has 1 aromatic heterocycles. The number of hydrogen-bond acceptors (Lipinski definition) is 5. The van der Waals surface area contributed by atoms with Crippen LogP contribution in [-0.2, 0) is 6.54 Å². The van der Waals surface area contributed by atoms with Crippen LogP contribution in [0.1, 0.15) is 26.3 Å². The number of amides is 1. The van der Waals surface area contributed by atoms with Crippen molar-refractivity contribution in [3.8, 4) is 11.5 Å². The van der Waals surface area contributed by atoms with Gasteiger partial charge in [-0.1, -0.05) is 12.1 Å². The second-order valence-electron chi connectivity index (χ2n) is 5.80. The number of nitrogens with zero attached hydrogens (tertiary/aromatic N) is 2. The van der Waals surface area contributed by atoms with Crippen molar-refractivity contribution in [1.29, 1.82) is 0 Å². The summed E-state index contributed by atoms with van der Waals surface area (Å²) in [5, 5.41) is 10.8. The number of benzene rings is 2. The largest absolute Gasteiger partial charge is 0.493 e. The van der Waals surface area contributed by atoms with E-state index in [0.717, 1.165) is 5.56 Å². The van der Waals surface area contributed by atoms with E-state index in [1.54, 1.807) is 42.5 Å². The van der Waals surface area contributed by atoms with Gasteiger partial charge in [0, 0.05) is 23.7 Å². The summed E-state index contributed by atoms with van der Waals surface area (Å²) in [6.45, 7) is 0.474. The van der Waals surface area contributed by atoms with Gasteiger partial charge >= 0.3 is 5.97 Å². The Labute approximate surface area is 165 Å². The third kappa shape index (κ3) is 4.29. The molecule has 28 heavy (non-hydrogen) atoms. The number of carbonyl (C=O) groups is 2. The SMILES string of the molecule is COc1ccc(C(=O)N=c2sccn2Cc2ccc(C(=O)O)cc2)cc1OC. The normalized spacial score (nSPS) is 11.3. The van der Waals surface area contributed by atoms with Crippen molar-refractivity contribution < 1.29 is 24.2 Å².